The molecule has 2 aromatic carbocycles. The molecule has 2 unspecified atom stereocenters. The first kappa shape index (κ1) is 51.9. The van der Waals surface area contributed by atoms with Crippen LogP contribution in [-0.4, -0.2) is 87.6 Å². The Kier molecular flexibility index (Phi) is 27.5. The van der Waals surface area contributed by atoms with Crippen molar-refractivity contribution in [1.82, 2.24) is 9.80 Å². The summed E-state index contributed by atoms with van der Waals surface area (Å²) in [6, 6.07) is 14.0. The number of aliphatic hydroxyl groups is 2. The van der Waals surface area contributed by atoms with Gasteiger partial charge in [0.1, 0.15) is 0 Å². The summed E-state index contributed by atoms with van der Waals surface area (Å²) in [5.74, 6) is 0.0451. The van der Waals surface area contributed by atoms with Gasteiger partial charge in [0.15, 0.2) is 0 Å². The number of aliphatic hydroxyl groups excluding tert-OH is 2. The third-order valence-corrected chi connectivity index (χ3v) is 13.9. The minimum atomic E-state index is -3.50. The first-order valence-corrected chi connectivity index (χ1v) is 26.2. The zero-order valence-corrected chi connectivity index (χ0v) is 38.4. The first-order valence-electron chi connectivity index (χ1n) is 22.9. The van der Waals surface area contributed by atoms with Crippen LogP contribution in [0.25, 0.3) is 0 Å². The van der Waals surface area contributed by atoms with Crippen LogP contribution in [0.1, 0.15) is 179 Å². The quantitative estimate of drug-likeness (QED) is 0.0493. The number of benzene rings is 2. The molecular formula is C46H82N4O6S2. The molecule has 0 saturated carbocycles. The van der Waals surface area contributed by atoms with E-state index in [1.165, 1.54) is 64.2 Å². The number of nitrogens with zero attached hydrogens (tertiary/aromatic N) is 2. The molecule has 0 spiro atoms. The van der Waals surface area contributed by atoms with Gasteiger partial charge < -0.3 is 20.0 Å². The maximum Gasteiger partial charge on any atom is 0.232 e. The lowest BCUT2D eigenvalue weighted by molar-refractivity contribution is 0.155. The van der Waals surface area contributed by atoms with Crippen LogP contribution in [-0.2, 0) is 20.0 Å². The van der Waals surface area contributed by atoms with Gasteiger partial charge in [0.25, 0.3) is 0 Å². The second kappa shape index (κ2) is 30.8. The molecular weight excluding hydrogens is 769 g/mol. The molecule has 0 radical (unpaired) electrons. The molecule has 58 heavy (non-hydrogen) atoms. The Morgan fingerprint density at radius 2 is 0.759 bits per heavy atom. The minimum Gasteiger partial charge on any atom is -0.388 e. The van der Waals surface area contributed by atoms with Crippen LogP contribution < -0.4 is 9.44 Å². The lowest BCUT2D eigenvalue weighted by atomic mass is 10.0. The Hall–Kier alpha value is -2.22. The molecule has 0 saturated heterocycles. The monoisotopic (exact) mass is 851 g/mol. The van der Waals surface area contributed by atoms with Crippen LogP contribution in [0.4, 0.5) is 11.4 Å². The molecule has 10 nitrogen and oxygen atoms in total. The highest BCUT2D eigenvalue weighted by Crippen LogP contribution is 2.23. The zero-order chi connectivity index (χ0) is 42.5. The van der Waals surface area contributed by atoms with E-state index in [-0.39, 0.29) is 11.5 Å². The van der Waals surface area contributed by atoms with Crippen molar-refractivity contribution in [2.75, 3.05) is 60.2 Å². The number of nitrogens with one attached hydrogen (secondary N) is 2. The highest BCUT2D eigenvalue weighted by atomic mass is 32.2. The van der Waals surface area contributed by atoms with E-state index in [1.54, 1.807) is 48.5 Å². The van der Waals surface area contributed by atoms with Gasteiger partial charge in [-0.05, 0) is 126 Å². The molecule has 2 aromatic rings. The third kappa shape index (κ3) is 24.1. The summed E-state index contributed by atoms with van der Waals surface area (Å²) in [4.78, 5) is 4.91. The summed E-state index contributed by atoms with van der Waals surface area (Å²) >= 11 is 0. The maximum atomic E-state index is 12.7. The second-order valence-corrected chi connectivity index (χ2v) is 19.9. The third-order valence-electron chi connectivity index (χ3n) is 11.2. The largest absolute Gasteiger partial charge is 0.388 e. The highest BCUT2D eigenvalue weighted by molar-refractivity contribution is 7.92. The molecule has 4 N–H and O–H groups in total. The Morgan fingerprint density at radius 1 is 0.448 bits per heavy atom. The van der Waals surface area contributed by atoms with Gasteiger partial charge >= 0.3 is 0 Å². The van der Waals surface area contributed by atoms with Crippen molar-refractivity contribution < 1.29 is 27.0 Å². The molecule has 0 fully saturated rings. The molecule has 2 rings (SSSR count). The number of sulfonamides is 2. The van der Waals surface area contributed by atoms with Gasteiger partial charge in [-0.2, -0.15) is 0 Å². The Labute approximate surface area is 355 Å². The fourth-order valence-electron chi connectivity index (χ4n) is 7.38. The smallest absolute Gasteiger partial charge is 0.232 e. The number of rotatable bonds is 37. The summed E-state index contributed by atoms with van der Waals surface area (Å²) in [6.07, 6.45) is 19.0. The average Bonchev–Trinajstić information content (AvgIpc) is 3.20. The van der Waals surface area contributed by atoms with Crippen LogP contribution in [0.3, 0.4) is 0 Å². The van der Waals surface area contributed by atoms with E-state index in [1.807, 2.05) is 0 Å². The van der Waals surface area contributed by atoms with Crippen molar-refractivity contribution >= 4 is 31.4 Å². The van der Waals surface area contributed by atoms with Crippen molar-refractivity contribution in [3.05, 3.63) is 59.7 Å². The maximum absolute atomic E-state index is 12.7. The van der Waals surface area contributed by atoms with E-state index in [4.69, 9.17) is 0 Å². The molecule has 0 heterocycles. The zero-order valence-electron chi connectivity index (χ0n) is 36.8. The number of anilines is 2. The Balaban J connectivity index is 1.58. The van der Waals surface area contributed by atoms with Crippen LogP contribution in [0, 0.1) is 0 Å². The Bertz CT molecular complexity index is 1410. The molecule has 0 aliphatic rings. The SMILES string of the molecule is CCCCCCCN(CC)CCCC(O)c1ccc(NS(=O)(=O)CCCCCCCCS(=O)(=O)Nc2ccc(C(O)CCCN(CC)CCCCCCC)cc2)cc1. The topological polar surface area (TPSA) is 139 Å². The molecule has 334 valence electrons. The van der Waals surface area contributed by atoms with Crippen molar-refractivity contribution in [2.45, 2.75) is 168 Å². The highest BCUT2D eigenvalue weighted by Gasteiger charge is 2.15. The van der Waals surface area contributed by atoms with E-state index in [2.05, 4.69) is 46.9 Å². The van der Waals surface area contributed by atoms with Crippen molar-refractivity contribution in [3.63, 3.8) is 0 Å². The van der Waals surface area contributed by atoms with Gasteiger partial charge in [0.05, 0.1) is 23.7 Å². The van der Waals surface area contributed by atoms with Crippen LogP contribution in [0.2, 0.25) is 0 Å². The average molecular weight is 851 g/mol. The van der Waals surface area contributed by atoms with Gasteiger partial charge in [-0.1, -0.05) is 129 Å². The molecule has 0 bridgehead atoms. The van der Waals surface area contributed by atoms with Gasteiger partial charge in [-0.25, -0.2) is 16.8 Å². The molecule has 0 aliphatic carbocycles. The summed E-state index contributed by atoms with van der Waals surface area (Å²) in [5.41, 5.74) is 2.57. The van der Waals surface area contributed by atoms with Gasteiger partial charge in [0.2, 0.25) is 20.0 Å². The van der Waals surface area contributed by atoms with Gasteiger partial charge in [-0.3, -0.25) is 9.44 Å². The van der Waals surface area contributed by atoms with Crippen LogP contribution >= 0.6 is 0 Å². The van der Waals surface area contributed by atoms with Crippen LogP contribution in [0.5, 0.6) is 0 Å². The van der Waals surface area contributed by atoms with E-state index in [9.17, 15) is 27.0 Å². The van der Waals surface area contributed by atoms with E-state index < -0.39 is 32.3 Å². The van der Waals surface area contributed by atoms with Crippen molar-refractivity contribution in [2.24, 2.45) is 0 Å². The Morgan fingerprint density at radius 3 is 1.10 bits per heavy atom. The number of hydrogen-bond acceptors (Lipinski definition) is 8. The van der Waals surface area contributed by atoms with Gasteiger partial charge in [-0.15, -0.1) is 0 Å². The van der Waals surface area contributed by atoms with E-state index in [0.717, 1.165) is 88.9 Å². The predicted octanol–water partition coefficient (Wildman–Crippen LogP) is 10.4. The molecule has 0 amide bonds. The fourth-order valence-corrected chi connectivity index (χ4v) is 9.75. The second-order valence-electron chi connectivity index (χ2n) is 16.2. The van der Waals surface area contributed by atoms with E-state index >= 15 is 0 Å². The summed E-state index contributed by atoms with van der Waals surface area (Å²) in [7, 11) is -6.99. The summed E-state index contributed by atoms with van der Waals surface area (Å²) in [6.45, 7) is 15.0. The lowest BCUT2D eigenvalue weighted by Gasteiger charge is -2.21. The lowest BCUT2D eigenvalue weighted by Crippen LogP contribution is -2.26. The van der Waals surface area contributed by atoms with Crippen molar-refractivity contribution in [3.8, 4) is 0 Å². The molecule has 0 aromatic heterocycles. The minimum absolute atomic E-state index is 0.0226. The van der Waals surface area contributed by atoms with Crippen LogP contribution in [0.15, 0.2) is 48.5 Å². The number of hydrogen-bond donors (Lipinski definition) is 4. The van der Waals surface area contributed by atoms with Crippen molar-refractivity contribution in [1.29, 1.82) is 0 Å². The fraction of sp³-hybridized carbons (Fsp3) is 0.739. The summed E-state index contributed by atoms with van der Waals surface area (Å²) in [5, 5.41) is 21.4. The predicted molar refractivity (Wildman–Crippen MR) is 246 cm³/mol. The van der Waals surface area contributed by atoms with E-state index in [0.29, 0.717) is 37.1 Å². The standard InChI is InChI=1S/C46H82N4O6S2/c1-5-9-11-15-19-35-49(7-3)37-23-25-45(51)41-27-31-43(32-28-41)47-57(53,54)39-21-17-13-14-18-22-40-58(55,56)48-44-33-29-42(30-34-44)46(52)26-24-38-50(8-4)36-20-16-12-10-6-2/h27-34,45-48,51-52H,5-26,35-40H2,1-4H3. The normalized spacial score (nSPS) is 13.3. The first-order chi connectivity index (χ1) is 27.9. The molecule has 0 aliphatic heterocycles. The molecule has 12 heteroatoms. The number of unbranched alkanes of at least 4 members (excludes halogenated alkanes) is 13. The molecule has 2 atom stereocenters. The summed E-state index contributed by atoms with van der Waals surface area (Å²) < 4.78 is 56.1. The van der Waals surface area contributed by atoms with Gasteiger partial charge in [0, 0.05) is 11.4 Å².